The predicted molar refractivity (Wildman–Crippen MR) is 84.6 cm³/mol. The maximum Gasteiger partial charge on any atom is 0.291 e. The van der Waals surface area contributed by atoms with Crippen LogP contribution in [0.3, 0.4) is 0 Å². The number of carbonyl (C=O) groups excluding carboxylic acids is 1. The number of thioether (sulfide) groups is 1. The molecule has 2 N–H and O–H groups in total. The van der Waals surface area contributed by atoms with Gasteiger partial charge in [-0.2, -0.15) is 0 Å². The molecule has 6 heteroatoms. The van der Waals surface area contributed by atoms with Crippen molar-refractivity contribution in [1.82, 2.24) is 20.5 Å². The number of hydrogen-bond donors (Lipinski definition) is 2. The molecule has 0 spiro atoms. The van der Waals surface area contributed by atoms with Crippen LogP contribution < -0.4 is 5.32 Å². The normalized spacial score (nSPS) is 12.4. The molecule has 0 aliphatic rings. The van der Waals surface area contributed by atoms with Crippen molar-refractivity contribution in [2.75, 3.05) is 6.26 Å². The summed E-state index contributed by atoms with van der Waals surface area (Å²) in [7, 11) is 0. The van der Waals surface area contributed by atoms with E-state index in [1.807, 2.05) is 51.3 Å². The number of aromatic nitrogens is 3. The van der Waals surface area contributed by atoms with E-state index in [4.69, 9.17) is 0 Å². The van der Waals surface area contributed by atoms with Gasteiger partial charge in [0, 0.05) is 10.8 Å². The Kier molecular flexibility index (Phi) is 5.01. The molecule has 0 saturated carbocycles. The van der Waals surface area contributed by atoms with Gasteiger partial charge in [-0.25, -0.2) is 4.98 Å². The van der Waals surface area contributed by atoms with E-state index in [0.717, 1.165) is 11.4 Å². The number of aromatic amines is 1. The van der Waals surface area contributed by atoms with Gasteiger partial charge < -0.3 is 5.32 Å². The molecular weight excluding hydrogens is 284 g/mol. The van der Waals surface area contributed by atoms with E-state index in [2.05, 4.69) is 20.5 Å². The summed E-state index contributed by atoms with van der Waals surface area (Å²) in [5.74, 6) is 0.860. The zero-order chi connectivity index (χ0) is 15.4. The van der Waals surface area contributed by atoms with Gasteiger partial charge in [-0.05, 0) is 30.9 Å². The second-order valence-electron chi connectivity index (χ2n) is 5.17. The summed E-state index contributed by atoms with van der Waals surface area (Å²) in [6.45, 7) is 5.94. The molecule has 1 unspecified atom stereocenters. The summed E-state index contributed by atoms with van der Waals surface area (Å²) in [6.07, 6.45) is 2.04. The molecule has 1 aromatic carbocycles. The lowest BCUT2D eigenvalue weighted by atomic mass is 10.1. The Morgan fingerprint density at radius 3 is 2.43 bits per heavy atom. The molecule has 0 aliphatic heterocycles. The van der Waals surface area contributed by atoms with Crippen molar-refractivity contribution in [1.29, 1.82) is 0 Å². The van der Waals surface area contributed by atoms with Crippen molar-refractivity contribution in [3.05, 3.63) is 41.5 Å². The molecule has 1 amide bonds. The molecule has 0 radical (unpaired) electrons. The van der Waals surface area contributed by atoms with E-state index in [9.17, 15) is 4.79 Å². The van der Waals surface area contributed by atoms with Crippen LogP contribution >= 0.6 is 11.8 Å². The minimum atomic E-state index is -0.264. The van der Waals surface area contributed by atoms with Crippen LogP contribution in [0.15, 0.2) is 29.2 Å². The van der Waals surface area contributed by atoms with E-state index < -0.39 is 0 Å². The van der Waals surface area contributed by atoms with Gasteiger partial charge in [-0.15, -0.1) is 16.9 Å². The van der Waals surface area contributed by atoms with Gasteiger partial charge in [0.25, 0.3) is 5.91 Å². The third-order valence-electron chi connectivity index (χ3n) is 3.22. The minimum Gasteiger partial charge on any atom is -0.343 e. The van der Waals surface area contributed by atoms with Crippen molar-refractivity contribution >= 4 is 17.7 Å². The van der Waals surface area contributed by atoms with Gasteiger partial charge >= 0.3 is 0 Å². The van der Waals surface area contributed by atoms with Crippen LogP contribution in [0, 0.1) is 0 Å². The molecule has 1 aromatic heterocycles. The fourth-order valence-corrected chi connectivity index (χ4v) is 2.28. The molecule has 1 atom stereocenters. The molecule has 112 valence electrons. The SMILES string of the molecule is CSc1ccc(C(C)NC(=O)c2n[nH]c(C(C)C)n2)cc1. The maximum atomic E-state index is 12.1. The smallest absolute Gasteiger partial charge is 0.291 e. The zero-order valence-corrected chi connectivity index (χ0v) is 13.5. The second-order valence-corrected chi connectivity index (χ2v) is 6.05. The highest BCUT2D eigenvalue weighted by atomic mass is 32.2. The van der Waals surface area contributed by atoms with E-state index in [1.54, 1.807) is 11.8 Å². The molecule has 2 rings (SSSR count). The zero-order valence-electron chi connectivity index (χ0n) is 12.7. The lowest BCUT2D eigenvalue weighted by Gasteiger charge is -2.13. The van der Waals surface area contributed by atoms with Crippen LogP contribution in [0.4, 0.5) is 0 Å². The molecule has 0 fully saturated rings. The first kappa shape index (κ1) is 15.6. The van der Waals surface area contributed by atoms with Gasteiger partial charge in [0.2, 0.25) is 5.82 Å². The molecule has 1 heterocycles. The summed E-state index contributed by atoms with van der Waals surface area (Å²) in [5, 5.41) is 9.66. The number of H-pyrrole nitrogens is 1. The van der Waals surface area contributed by atoms with Gasteiger partial charge in [-0.1, -0.05) is 26.0 Å². The van der Waals surface area contributed by atoms with Gasteiger partial charge in [-0.3, -0.25) is 9.89 Å². The van der Waals surface area contributed by atoms with E-state index in [1.165, 1.54) is 4.90 Å². The topological polar surface area (TPSA) is 70.7 Å². The van der Waals surface area contributed by atoms with Crippen molar-refractivity contribution in [3.63, 3.8) is 0 Å². The Labute approximate surface area is 128 Å². The number of nitrogens with zero attached hydrogens (tertiary/aromatic N) is 2. The average molecular weight is 304 g/mol. The number of hydrogen-bond acceptors (Lipinski definition) is 4. The number of amides is 1. The molecule has 21 heavy (non-hydrogen) atoms. The molecule has 0 aliphatic carbocycles. The highest BCUT2D eigenvalue weighted by Crippen LogP contribution is 2.19. The van der Waals surface area contributed by atoms with E-state index >= 15 is 0 Å². The van der Waals surface area contributed by atoms with Crippen LogP contribution in [0.2, 0.25) is 0 Å². The minimum absolute atomic E-state index is 0.0885. The second kappa shape index (κ2) is 6.76. The number of carbonyl (C=O) groups is 1. The van der Waals surface area contributed by atoms with Crippen LogP contribution in [0.1, 0.15) is 54.7 Å². The number of rotatable bonds is 5. The Hall–Kier alpha value is -1.82. The van der Waals surface area contributed by atoms with E-state index in [0.29, 0.717) is 0 Å². The Morgan fingerprint density at radius 1 is 1.24 bits per heavy atom. The van der Waals surface area contributed by atoms with Crippen LogP contribution in [-0.4, -0.2) is 27.3 Å². The Bertz CT molecular complexity index is 606. The summed E-state index contributed by atoms with van der Waals surface area (Å²) >= 11 is 1.69. The van der Waals surface area contributed by atoms with Gasteiger partial charge in [0.15, 0.2) is 0 Å². The number of benzene rings is 1. The van der Waals surface area contributed by atoms with Crippen molar-refractivity contribution in [2.24, 2.45) is 0 Å². The van der Waals surface area contributed by atoms with Gasteiger partial charge in [0.05, 0.1) is 6.04 Å². The van der Waals surface area contributed by atoms with Crippen molar-refractivity contribution < 1.29 is 4.79 Å². The standard InChI is InChI=1S/C15H20N4OS/c1-9(2)13-17-14(19-18-13)15(20)16-10(3)11-5-7-12(21-4)8-6-11/h5-10H,1-4H3,(H,16,20)(H,17,18,19). The molecule has 0 saturated heterocycles. The third kappa shape index (κ3) is 3.85. The predicted octanol–water partition coefficient (Wildman–Crippen LogP) is 3.14. The lowest BCUT2D eigenvalue weighted by molar-refractivity contribution is 0.0929. The third-order valence-corrected chi connectivity index (χ3v) is 3.96. The van der Waals surface area contributed by atoms with Crippen LogP contribution in [0.25, 0.3) is 0 Å². The van der Waals surface area contributed by atoms with E-state index in [-0.39, 0.29) is 23.7 Å². The van der Waals surface area contributed by atoms with Gasteiger partial charge in [0.1, 0.15) is 5.82 Å². The Morgan fingerprint density at radius 2 is 1.90 bits per heavy atom. The fourth-order valence-electron chi connectivity index (χ4n) is 1.87. The fraction of sp³-hybridized carbons (Fsp3) is 0.400. The van der Waals surface area contributed by atoms with Crippen LogP contribution in [-0.2, 0) is 0 Å². The first-order valence-electron chi connectivity index (χ1n) is 6.88. The van der Waals surface area contributed by atoms with Crippen LogP contribution in [0.5, 0.6) is 0 Å². The lowest BCUT2D eigenvalue weighted by Crippen LogP contribution is -2.27. The van der Waals surface area contributed by atoms with Crippen molar-refractivity contribution in [2.45, 2.75) is 37.6 Å². The Balaban J connectivity index is 2.03. The first-order valence-corrected chi connectivity index (χ1v) is 8.11. The molecule has 2 aromatic rings. The summed E-state index contributed by atoms with van der Waals surface area (Å²) in [5.41, 5.74) is 1.06. The first-order chi connectivity index (χ1) is 10.0. The summed E-state index contributed by atoms with van der Waals surface area (Å²) in [6, 6.07) is 8.05. The largest absolute Gasteiger partial charge is 0.343 e. The quantitative estimate of drug-likeness (QED) is 0.833. The highest BCUT2D eigenvalue weighted by molar-refractivity contribution is 7.98. The molecular formula is C15H20N4OS. The average Bonchev–Trinajstić information content (AvgIpc) is 2.97. The monoisotopic (exact) mass is 304 g/mol. The van der Waals surface area contributed by atoms with Crippen molar-refractivity contribution in [3.8, 4) is 0 Å². The summed E-state index contributed by atoms with van der Waals surface area (Å²) < 4.78 is 0. The number of nitrogens with one attached hydrogen (secondary N) is 2. The highest BCUT2D eigenvalue weighted by Gasteiger charge is 2.16. The summed E-state index contributed by atoms with van der Waals surface area (Å²) in [4.78, 5) is 17.5. The molecule has 5 nitrogen and oxygen atoms in total. The maximum absolute atomic E-state index is 12.1. The molecule has 0 bridgehead atoms.